The van der Waals surface area contributed by atoms with E-state index in [-0.39, 0.29) is 28.6 Å². The van der Waals surface area contributed by atoms with E-state index in [4.69, 9.17) is 0 Å². The molecule has 2 aromatic rings. The van der Waals surface area contributed by atoms with Gasteiger partial charge in [-0.05, 0) is 68.0 Å². The number of aromatic nitrogens is 1. The zero-order valence-corrected chi connectivity index (χ0v) is 17.4. The third-order valence-corrected chi connectivity index (χ3v) is 6.37. The number of H-pyrrole nitrogens is 1. The number of rotatable bonds is 2. The number of hydrogen-bond donors (Lipinski definition) is 3. The van der Waals surface area contributed by atoms with Crippen LogP contribution in [-0.2, 0) is 5.41 Å². The Kier molecular flexibility index (Phi) is 4.61. The molecule has 28 heavy (non-hydrogen) atoms. The van der Waals surface area contributed by atoms with Crippen LogP contribution in [0.4, 0.5) is 0 Å². The normalized spacial score (nSPS) is 23.9. The van der Waals surface area contributed by atoms with Crippen LogP contribution >= 0.6 is 0 Å². The standard InChI is InChI=1S/C23H31N3O2/c1-22(2)13-23(3,4)20(27)19-18(22)16-12-14(7-8-17(16)26-19)21(28)25-15-6-5-10-24-11-9-15/h7-8,12,15,24,26H,5-6,9-11,13H2,1-4H3,(H,25,28). The lowest BCUT2D eigenvalue weighted by Crippen LogP contribution is -2.39. The number of benzene rings is 1. The van der Waals surface area contributed by atoms with Gasteiger partial charge < -0.3 is 15.6 Å². The molecule has 1 aliphatic heterocycles. The van der Waals surface area contributed by atoms with Gasteiger partial charge >= 0.3 is 0 Å². The third-order valence-electron chi connectivity index (χ3n) is 6.37. The minimum Gasteiger partial charge on any atom is -0.352 e. The van der Waals surface area contributed by atoms with Crippen molar-refractivity contribution in [1.29, 1.82) is 0 Å². The summed E-state index contributed by atoms with van der Waals surface area (Å²) >= 11 is 0. The van der Waals surface area contributed by atoms with Crippen LogP contribution in [-0.4, -0.2) is 35.8 Å². The van der Waals surface area contributed by atoms with E-state index in [1.165, 1.54) is 0 Å². The number of amides is 1. The van der Waals surface area contributed by atoms with Crippen molar-refractivity contribution in [3.63, 3.8) is 0 Å². The second-order valence-corrected chi connectivity index (χ2v) is 9.76. The minimum atomic E-state index is -0.384. The molecule has 1 amide bonds. The fourth-order valence-corrected chi connectivity index (χ4v) is 5.25. The van der Waals surface area contributed by atoms with Gasteiger partial charge in [-0.3, -0.25) is 9.59 Å². The van der Waals surface area contributed by atoms with E-state index >= 15 is 0 Å². The van der Waals surface area contributed by atoms with Gasteiger partial charge in [0.25, 0.3) is 5.91 Å². The molecule has 1 aliphatic carbocycles. The highest BCUT2D eigenvalue weighted by molar-refractivity contribution is 6.08. The molecule has 5 heteroatoms. The van der Waals surface area contributed by atoms with E-state index < -0.39 is 0 Å². The molecule has 0 saturated carbocycles. The fourth-order valence-electron chi connectivity index (χ4n) is 5.25. The van der Waals surface area contributed by atoms with Crippen LogP contribution < -0.4 is 10.6 Å². The first-order chi connectivity index (χ1) is 13.2. The number of Topliss-reactive ketones (excluding diaryl/α,β-unsaturated/α-hetero) is 1. The van der Waals surface area contributed by atoms with Gasteiger partial charge in [0.2, 0.25) is 0 Å². The molecule has 1 saturated heterocycles. The molecule has 1 atom stereocenters. The molecule has 2 aliphatic rings. The number of carbonyl (C=O) groups excluding carboxylic acids is 2. The summed E-state index contributed by atoms with van der Waals surface area (Å²) < 4.78 is 0. The average molecular weight is 382 g/mol. The monoisotopic (exact) mass is 381 g/mol. The zero-order valence-electron chi connectivity index (χ0n) is 17.4. The molecule has 150 valence electrons. The summed E-state index contributed by atoms with van der Waals surface area (Å²) in [6.45, 7) is 10.4. The van der Waals surface area contributed by atoms with Gasteiger partial charge in [0.15, 0.2) is 5.78 Å². The van der Waals surface area contributed by atoms with Crippen molar-refractivity contribution in [3.05, 3.63) is 35.0 Å². The van der Waals surface area contributed by atoms with Crippen molar-refractivity contribution in [2.45, 2.75) is 64.8 Å². The summed E-state index contributed by atoms with van der Waals surface area (Å²) in [6.07, 6.45) is 3.85. The summed E-state index contributed by atoms with van der Waals surface area (Å²) in [5.74, 6) is 0.138. The van der Waals surface area contributed by atoms with E-state index in [1.807, 2.05) is 32.0 Å². The number of ketones is 1. The molecule has 1 fully saturated rings. The maximum absolute atomic E-state index is 13.0. The summed E-state index contributed by atoms with van der Waals surface area (Å²) in [5.41, 5.74) is 2.85. The maximum Gasteiger partial charge on any atom is 0.251 e. The van der Waals surface area contributed by atoms with Crippen LogP contribution in [0.1, 0.15) is 79.8 Å². The predicted octanol–water partition coefficient (Wildman–Crippen LogP) is 3.93. The average Bonchev–Trinajstić information content (AvgIpc) is 2.83. The lowest BCUT2D eigenvalue weighted by Gasteiger charge is -2.39. The Morgan fingerprint density at radius 2 is 1.89 bits per heavy atom. The second-order valence-electron chi connectivity index (χ2n) is 9.76. The number of carbonyl (C=O) groups is 2. The molecule has 3 N–H and O–H groups in total. The molecule has 1 unspecified atom stereocenters. The van der Waals surface area contributed by atoms with Crippen LogP contribution in [0.3, 0.4) is 0 Å². The Morgan fingerprint density at radius 1 is 1.11 bits per heavy atom. The second kappa shape index (κ2) is 6.73. The highest BCUT2D eigenvalue weighted by atomic mass is 16.1. The quantitative estimate of drug-likeness (QED) is 0.738. The van der Waals surface area contributed by atoms with Crippen molar-refractivity contribution < 1.29 is 9.59 Å². The summed E-state index contributed by atoms with van der Waals surface area (Å²) in [6, 6.07) is 5.98. The van der Waals surface area contributed by atoms with Crippen LogP contribution in [0.2, 0.25) is 0 Å². The molecule has 2 heterocycles. The van der Waals surface area contributed by atoms with Crippen LogP contribution in [0.25, 0.3) is 10.9 Å². The Morgan fingerprint density at radius 3 is 2.68 bits per heavy atom. The SMILES string of the molecule is CC1(C)CC(C)(C)c2c([nH]c3ccc(C(=O)NC4CCCNCC4)cc23)C1=O. The third kappa shape index (κ3) is 3.26. The van der Waals surface area contributed by atoms with Gasteiger partial charge in [0.05, 0.1) is 5.69 Å². The van der Waals surface area contributed by atoms with Crippen molar-refractivity contribution in [2.24, 2.45) is 5.41 Å². The van der Waals surface area contributed by atoms with Gasteiger partial charge in [-0.1, -0.05) is 27.7 Å². The zero-order chi connectivity index (χ0) is 20.1. The Hall–Kier alpha value is -2.14. The van der Waals surface area contributed by atoms with Crippen LogP contribution in [0.5, 0.6) is 0 Å². The van der Waals surface area contributed by atoms with Crippen molar-refractivity contribution in [1.82, 2.24) is 15.6 Å². The van der Waals surface area contributed by atoms with E-state index in [2.05, 4.69) is 29.5 Å². The number of aromatic amines is 1. The summed E-state index contributed by atoms with van der Waals surface area (Å²) in [5, 5.41) is 7.58. The van der Waals surface area contributed by atoms with E-state index in [0.29, 0.717) is 11.3 Å². The van der Waals surface area contributed by atoms with Crippen LogP contribution in [0.15, 0.2) is 18.2 Å². The maximum atomic E-state index is 13.0. The first-order valence-electron chi connectivity index (χ1n) is 10.4. The molecule has 5 nitrogen and oxygen atoms in total. The topological polar surface area (TPSA) is 74.0 Å². The predicted molar refractivity (Wildman–Crippen MR) is 112 cm³/mol. The number of nitrogens with one attached hydrogen (secondary N) is 3. The van der Waals surface area contributed by atoms with Crippen molar-refractivity contribution >= 4 is 22.6 Å². The summed E-state index contributed by atoms with van der Waals surface area (Å²) in [4.78, 5) is 29.2. The molecular formula is C23H31N3O2. The fraction of sp³-hybridized carbons (Fsp3) is 0.565. The Labute approximate surface area is 166 Å². The van der Waals surface area contributed by atoms with Gasteiger partial charge in [-0.25, -0.2) is 0 Å². The van der Waals surface area contributed by atoms with Gasteiger partial charge in [-0.15, -0.1) is 0 Å². The molecule has 1 aromatic carbocycles. The smallest absolute Gasteiger partial charge is 0.251 e. The number of fused-ring (bicyclic) bond motifs is 3. The Bertz CT molecular complexity index is 931. The molecular weight excluding hydrogens is 350 g/mol. The van der Waals surface area contributed by atoms with E-state index in [1.54, 1.807) is 0 Å². The molecule has 0 bridgehead atoms. The molecule has 4 rings (SSSR count). The van der Waals surface area contributed by atoms with Crippen molar-refractivity contribution in [2.75, 3.05) is 13.1 Å². The highest BCUT2D eigenvalue weighted by Crippen LogP contribution is 2.48. The first-order valence-corrected chi connectivity index (χ1v) is 10.4. The van der Waals surface area contributed by atoms with Crippen LogP contribution in [0, 0.1) is 5.41 Å². The minimum absolute atomic E-state index is 0.0241. The first kappa shape index (κ1) is 19.2. The molecule has 0 spiro atoms. The van der Waals surface area contributed by atoms with E-state index in [9.17, 15) is 9.59 Å². The molecule has 0 radical (unpaired) electrons. The van der Waals surface area contributed by atoms with Crippen molar-refractivity contribution in [3.8, 4) is 0 Å². The molecule has 1 aromatic heterocycles. The van der Waals surface area contributed by atoms with E-state index in [0.717, 1.165) is 55.2 Å². The lowest BCUT2D eigenvalue weighted by molar-refractivity contribution is 0.0759. The largest absolute Gasteiger partial charge is 0.352 e. The summed E-state index contributed by atoms with van der Waals surface area (Å²) in [7, 11) is 0. The van der Waals surface area contributed by atoms with Gasteiger partial charge in [0.1, 0.15) is 0 Å². The van der Waals surface area contributed by atoms with Gasteiger partial charge in [0, 0.05) is 27.9 Å². The number of hydrogen-bond acceptors (Lipinski definition) is 3. The lowest BCUT2D eigenvalue weighted by atomic mass is 9.63. The van der Waals surface area contributed by atoms with Gasteiger partial charge in [-0.2, -0.15) is 0 Å². The Balaban J connectivity index is 1.70. The highest BCUT2D eigenvalue weighted by Gasteiger charge is 2.45.